The fourth-order valence-corrected chi connectivity index (χ4v) is 2.51. The quantitative estimate of drug-likeness (QED) is 0.484. The molecular formula is C10H16O. The molecule has 0 aromatic heterocycles. The molecule has 0 N–H and O–H groups in total. The summed E-state index contributed by atoms with van der Waals surface area (Å²) in [6.07, 6.45) is 6.97. The third kappa shape index (κ3) is 1.02. The molecule has 2 rings (SSSR count). The molecule has 0 saturated carbocycles. The lowest BCUT2D eigenvalue weighted by molar-refractivity contribution is -0.0153. The number of fused-ring (bicyclic) bond motifs is 1. The second-order valence-corrected chi connectivity index (χ2v) is 4.05. The van der Waals surface area contributed by atoms with Gasteiger partial charge in [-0.2, -0.15) is 0 Å². The van der Waals surface area contributed by atoms with Gasteiger partial charge in [0.15, 0.2) is 0 Å². The normalized spacial score (nSPS) is 49.3. The number of rotatable bonds is 0. The van der Waals surface area contributed by atoms with Crippen LogP contribution in [0.5, 0.6) is 0 Å². The summed E-state index contributed by atoms with van der Waals surface area (Å²) in [6.45, 7) is 5.52. The van der Waals surface area contributed by atoms with Gasteiger partial charge in [0.2, 0.25) is 0 Å². The lowest BCUT2D eigenvalue weighted by Crippen LogP contribution is -2.36. The summed E-state index contributed by atoms with van der Waals surface area (Å²) in [6, 6.07) is 0. The fraction of sp³-hybridized carbons (Fsp3) is 0.800. The molecule has 0 amide bonds. The van der Waals surface area contributed by atoms with E-state index in [0.29, 0.717) is 0 Å². The first-order chi connectivity index (χ1) is 5.22. The third-order valence-electron chi connectivity index (χ3n) is 3.24. The van der Waals surface area contributed by atoms with Crippen molar-refractivity contribution in [3.05, 3.63) is 12.2 Å². The highest BCUT2D eigenvalue weighted by atomic mass is 16.5. The highest BCUT2D eigenvalue weighted by molar-refractivity contribution is 5.07. The molecule has 1 aliphatic heterocycles. The largest absolute Gasteiger partial charge is 0.375 e. The first kappa shape index (κ1) is 7.35. The number of hydrogen-bond donors (Lipinski definition) is 0. The lowest BCUT2D eigenvalue weighted by Gasteiger charge is -2.35. The predicted molar refractivity (Wildman–Crippen MR) is 45.4 cm³/mol. The van der Waals surface area contributed by atoms with Crippen molar-refractivity contribution in [2.75, 3.05) is 6.61 Å². The Morgan fingerprint density at radius 2 is 2.36 bits per heavy atom. The Morgan fingerprint density at radius 1 is 1.55 bits per heavy atom. The van der Waals surface area contributed by atoms with Gasteiger partial charge in [-0.3, -0.25) is 0 Å². The Hall–Kier alpha value is -0.300. The van der Waals surface area contributed by atoms with E-state index >= 15 is 0 Å². The molecule has 1 saturated heterocycles. The Balaban J connectivity index is 2.25. The molecule has 0 unspecified atom stereocenters. The van der Waals surface area contributed by atoms with Crippen LogP contribution in [0.25, 0.3) is 0 Å². The molecule has 0 aromatic rings. The second-order valence-electron chi connectivity index (χ2n) is 4.05. The van der Waals surface area contributed by atoms with E-state index in [1.807, 2.05) is 0 Å². The maximum Gasteiger partial charge on any atom is 0.0723 e. The van der Waals surface area contributed by atoms with E-state index in [4.69, 9.17) is 4.74 Å². The van der Waals surface area contributed by atoms with E-state index in [1.54, 1.807) is 0 Å². The van der Waals surface area contributed by atoms with Crippen LogP contribution >= 0.6 is 0 Å². The standard InChI is InChI=1S/C10H16O/c1-8-4-3-6-10(2)9(8)5-7-11-10/h3-4,8-9H,5-7H2,1-2H3/t8-,9+,10+/m0/s1. The van der Waals surface area contributed by atoms with Crippen molar-refractivity contribution in [1.29, 1.82) is 0 Å². The molecule has 1 heterocycles. The van der Waals surface area contributed by atoms with Crippen molar-refractivity contribution < 1.29 is 4.74 Å². The SMILES string of the molecule is C[C@H]1C=CC[C@@]2(C)OCC[C@H]12. The van der Waals surface area contributed by atoms with Crippen LogP contribution in [0.15, 0.2) is 12.2 Å². The summed E-state index contributed by atoms with van der Waals surface area (Å²) in [7, 11) is 0. The average Bonchev–Trinajstić information content (AvgIpc) is 2.31. The van der Waals surface area contributed by atoms with Crippen LogP contribution in [0.2, 0.25) is 0 Å². The van der Waals surface area contributed by atoms with Gasteiger partial charge in [-0.25, -0.2) is 0 Å². The summed E-state index contributed by atoms with van der Waals surface area (Å²) in [4.78, 5) is 0. The minimum Gasteiger partial charge on any atom is -0.375 e. The molecule has 1 heteroatoms. The number of ether oxygens (including phenoxy) is 1. The van der Waals surface area contributed by atoms with Gasteiger partial charge in [-0.1, -0.05) is 19.1 Å². The van der Waals surface area contributed by atoms with Gasteiger partial charge in [0, 0.05) is 6.61 Å². The zero-order valence-corrected chi connectivity index (χ0v) is 7.34. The molecule has 0 radical (unpaired) electrons. The van der Waals surface area contributed by atoms with Crippen LogP contribution in [0, 0.1) is 11.8 Å². The summed E-state index contributed by atoms with van der Waals surface area (Å²) < 4.78 is 5.76. The summed E-state index contributed by atoms with van der Waals surface area (Å²) in [5.74, 6) is 1.49. The maximum atomic E-state index is 5.76. The molecule has 1 nitrogen and oxygen atoms in total. The van der Waals surface area contributed by atoms with Crippen molar-refractivity contribution in [2.45, 2.75) is 32.3 Å². The van der Waals surface area contributed by atoms with E-state index in [-0.39, 0.29) is 5.60 Å². The van der Waals surface area contributed by atoms with Crippen molar-refractivity contribution in [1.82, 2.24) is 0 Å². The molecule has 3 atom stereocenters. The summed E-state index contributed by atoms with van der Waals surface area (Å²) in [5, 5.41) is 0. The lowest BCUT2D eigenvalue weighted by atomic mass is 9.74. The van der Waals surface area contributed by atoms with Crippen molar-refractivity contribution in [3.8, 4) is 0 Å². The zero-order chi connectivity index (χ0) is 7.90. The van der Waals surface area contributed by atoms with Gasteiger partial charge in [-0.05, 0) is 31.6 Å². The van der Waals surface area contributed by atoms with Crippen molar-refractivity contribution in [2.24, 2.45) is 11.8 Å². The van der Waals surface area contributed by atoms with Gasteiger partial charge < -0.3 is 4.74 Å². The Labute approximate surface area is 68.4 Å². The van der Waals surface area contributed by atoms with Crippen LogP contribution in [0.4, 0.5) is 0 Å². The minimum atomic E-state index is 0.175. The number of hydrogen-bond acceptors (Lipinski definition) is 1. The van der Waals surface area contributed by atoms with Crippen molar-refractivity contribution in [3.63, 3.8) is 0 Å². The molecule has 11 heavy (non-hydrogen) atoms. The molecule has 0 spiro atoms. The van der Waals surface area contributed by atoms with E-state index in [9.17, 15) is 0 Å². The fourth-order valence-electron chi connectivity index (χ4n) is 2.51. The van der Waals surface area contributed by atoms with E-state index < -0.39 is 0 Å². The Morgan fingerprint density at radius 3 is 3.09 bits per heavy atom. The zero-order valence-electron chi connectivity index (χ0n) is 7.34. The van der Waals surface area contributed by atoms with E-state index in [0.717, 1.165) is 24.9 Å². The molecule has 2 aliphatic rings. The number of allylic oxidation sites excluding steroid dienone is 1. The first-order valence-electron chi connectivity index (χ1n) is 4.53. The molecule has 1 fully saturated rings. The van der Waals surface area contributed by atoms with Crippen LogP contribution in [0.3, 0.4) is 0 Å². The summed E-state index contributed by atoms with van der Waals surface area (Å²) in [5.41, 5.74) is 0.175. The highest BCUT2D eigenvalue weighted by Gasteiger charge is 2.42. The van der Waals surface area contributed by atoms with Gasteiger partial charge >= 0.3 is 0 Å². The van der Waals surface area contributed by atoms with Crippen LogP contribution in [-0.4, -0.2) is 12.2 Å². The predicted octanol–water partition coefficient (Wildman–Crippen LogP) is 2.38. The topological polar surface area (TPSA) is 9.23 Å². The molecular weight excluding hydrogens is 136 g/mol. The van der Waals surface area contributed by atoms with Crippen LogP contribution in [0.1, 0.15) is 26.7 Å². The van der Waals surface area contributed by atoms with Gasteiger partial charge in [-0.15, -0.1) is 0 Å². The van der Waals surface area contributed by atoms with Crippen LogP contribution in [-0.2, 0) is 4.74 Å². The Kier molecular flexibility index (Phi) is 1.57. The smallest absolute Gasteiger partial charge is 0.0723 e. The van der Waals surface area contributed by atoms with E-state index in [2.05, 4.69) is 26.0 Å². The first-order valence-corrected chi connectivity index (χ1v) is 4.53. The van der Waals surface area contributed by atoms with Crippen molar-refractivity contribution >= 4 is 0 Å². The van der Waals surface area contributed by atoms with Gasteiger partial charge in [0.05, 0.1) is 5.60 Å². The molecule has 0 bridgehead atoms. The molecule has 1 aliphatic carbocycles. The Bertz CT molecular complexity index is 185. The minimum absolute atomic E-state index is 0.175. The third-order valence-corrected chi connectivity index (χ3v) is 3.24. The molecule has 0 aromatic carbocycles. The van der Waals surface area contributed by atoms with Crippen LogP contribution < -0.4 is 0 Å². The summed E-state index contributed by atoms with van der Waals surface area (Å²) >= 11 is 0. The molecule has 62 valence electrons. The second kappa shape index (κ2) is 2.34. The van der Waals surface area contributed by atoms with Gasteiger partial charge in [0.1, 0.15) is 0 Å². The monoisotopic (exact) mass is 152 g/mol. The maximum absolute atomic E-state index is 5.76. The van der Waals surface area contributed by atoms with Gasteiger partial charge in [0.25, 0.3) is 0 Å². The highest BCUT2D eigenvalue weighted by Crippen LogP contribution is 2.42. The van der Waals surface area contributed by atoms with E-state index in [1.165, 1.54) is 6.42 Å². The average molecular weight is 152 g/mol.